The number of piperidine rings is 1. The summed E-state index contributed by atoms with van der Waals surface area (Å²) >= 11 is 0. The highest BCUT2D eigenvalue weighted by atomic mass is 32.2. The summed E-state index contributed by atoms with van der Waals surface area (Å²) in [6, 6.07) is 14.6. The van der Waals surface area contributed by atoms with Crippen LogP contribution in [0.4, 0.5) is 0 Å². The molecule has 6 nitrogen and oxygen atoms in total. The van der Waals surface area contributed by atoms with E-state index in [0.29, 0.717) is 43.9 Å². The molecular formula is C23H30N2O4S. The predicted octanol–water partition coefficient (Wildman–Crippen LogP) is 3.16. The molecule has 2 aromatic rings. The standard InChI is InChI=1S/C23H30N2O4S/c1-3-18-7-11-22(12-8-18)30(27,28)25-15-13-20(14-16-25)24-23(26)17-19-5-9-21(10-6-19)29-4-2/h5-12,20H,3-4,13-17H2,1-2H3,(H,24,26). The molecule has 30 heavy (non-hydrogen) atoms. The summed E-state index contributed by atoms with van der Waals surface area (Å²) < 4.78 is 32.6. The Bertz CT molecular complexity index is 932. The van der Waals surface area contributed by atoms with Gasteiger partial charge in [0.05, 0.1) is 17.9 Å². The maximum Gasteiger partial charge on any atom is 0.243 e. The minimum Gasteiger partial charge on any atom is -0.494 e. The van der Waals surface area contributed by atoms with Crippen LogP contribution in [0.2, 0.25) is 0 Å². The van der Waals surface area contributed by atoms with E-state index in [-0.39, 0.29) is 11.9 Å². The number of hydrogen-bond donors (Lipinski definition) is 1. The van der Waals surface area contributed by atoms with Gasteiger partial charge in [0.25, 0.3) is 0 Å². The van der Waals surface area contributed by atoms with Gasteiger partial charge in [-0.1, -0.05) is 31.2 Å². The van der Waals surface area contributed by atoms with Crippen LogP contribution in [0.1, 0.15) is 37.8 Å². The molecule has 0 unspecified atom stereocenters. The Morgan fingerprint density at radius 2 is 1.60 bits per heavy atom. The van der Waals surface area contributed by atoms with Crippen LogP contribution in [-0.2, 0) is 27.7 Å². The summed E-state index contributed by atoms with van der Waals surface area (Å²) in [5, 5.41) is 3.04. The fourth-order valence-electron chi connectivity index (χ4n) is 3.62. The van der Waals surface area contributed by atoms with Crippen molar-refractivity contribution in [3.05, 3.63) is 59.7 Å². The molecule has 0 saturated carbocycles. The second kappa shape index (κ2) is 10.1. The van der Waals surface area contributed by atoms with Gasteiger partial charge in [0.1, 0.15) is 5.75 Å². The molecule has 1 saturated heterocycles. The number of benzene rings is 2. The molecule has 0 atom stereocenters. The van der Waals surface area contributed by atoms with E-state index in [1.165, 1.54) is 4.31 Å². The lowest BCUT2D eigenvalue weighted by Crippen LogP contribution is -2.46. The first kappa shape index (κ1) is 22.3. The number of carbonyl (C=O) groups is 1. The van der Waals surface area contributed by atoms with Gasteiger partial charge < -0.3 is 10.1 Å². The first-order chi connectivity index (χ1) is 14.4. The molecule has 1 aliphatic heterocycles. The number of aryl methyl sites for hydroxylation is 1. The van der Waals surface area contributed by atoms with Crippen LogP contribution >= 0.6 is 0 Å². The van der Waals surface area contributed by atoms with Gasteiger partial charge in [-0.15, -0.1) is 0 Å². The molecule has 3 rings (SSSR count). The topological polar surface area (TPSA) is 75.7 Å². The van der Waals surface area contributed by atoms with Crippen molar-refractivity contribution in [2.45, 2.75) is 50.5 Å². The molecule has 2 aromatic carbocycles. The SMILES string of the molecule is CCOc1ccc(CC(=O)NC2CCN(S(=O)(=O)c3ccc(CC)cc3)CC2)cc1. The van der Waals surface area contributed by atoms with Crippen LogP contribution in [0.25, 0.3) is 0 Å². The van der Waals surface area contributed by atoms with Crippen LogP contribution in [0.5, 0.6) is 5.75 Å². The first-order valence-corrected chi connectivity index (χ1v) is 12.0. The van der Waals surface area contributed by atoms with E-state index in [2.05, 4.69) is 5.32 Å². The summed E-state index contributed by atoms with van der Waals surface area (Å²) in [6.07, 6.45) is 2.40. The molecule has 162 valence electrons. The maximum absolute atomic E-state index is 12.9. The molecule has 1 aliphatic rings. The minimum absolute atomic E-state index is 0.00545. The van der Waals surface area contributed by atoms with E-state index in [0.717, 1.165) is 23.3 Å². The molecule has 1 N–H and O–H groups in total. The Kier molecular flexibility index (Phi) is 7.50. The van der Waals surface area contributed by atoms with E-state index in [1.54, 1.807) is 12.1 Å². The number of nitrogens with one attached hydrogen (secondary N) is 1. The van der Waals surface area contributed by atoms with E-state index in [1.807, 2.05) is 50.2 Å². The van der Waals surface area contributed by atoms with Crippen molar-refractivity contribution >= 4 is 15.9 Å². The van der Waals surface area contributed by atoms with Crippen LogP contribution in [0.3, 0.4) is 0 Å². The first-order valence-electron chi connectivity index (χ1n) is 10.5. The van der Waals surface area contributed by atoms with Crippen molar-refractivity contribution < 1.29 is 17.9 Å². The Balaban J connectivity index is 1.50. The molecule has 0 aromatic heterocycles. The second-order valence-corrected chi connectivity index (χ2v) is 9.44. The van der Waals surface area contributed by atoms with Crippen LogP contribution in [-0.4, -0.2) is 44.4 Å². The highest BCUT2D eigenvalue weighted by Gasteiger charge is 2.29. The maximum atomic E-state index is 12.9. The van der Waals surface area contributed by atoms with Gasteiger partial charge in [-0.2, -0.15) is 4.31 Å². The molecule has 7 heteroatoms. The van der Waals surface area contributed by atoms with Crippen molar-refractivity contribution in [1.82, 2.24) is 9.62 Å². The summed E-state index contributed by atoms with van der Waals surface area (Å²) in [5.41, 5.74) is 2.04. The highest BCUT2D eigenvalue weighted by molar-refractivity contribution is 7.89. The number of rotatable bonds is 8. The van der Waals surface area contributed by atoms with E-state index < -0.39 is 10.0 Å². The second-order valence-electron chi connectivity index (χ2n) is 7.50. The molecule has 0 aliphatic carbocycles. The molecular weight excluding hydrogens is 400 g/mol. The van der Waals surface area contributed by atoms with Gasteiger partial charge in [-0.25, -0.2) is 8.42 Å². The highest BCUT2D eigenvalue weighted by Crippen LogP contribution is 2.21. The Morgan fingerprint density at radius 1 is 1.00 bits per heavy atom. The van der Waals surface area contributed by atoms with Gasteiger partial charge >= 0.3 is 0 Å². The van der Waals surface area contributed by atoms with Crippen LogP contribution < -0.4 is 10.1 Å². The molecule has 0 radical (unpaired) electrons. The fourth-order valence-corrected chi connectivity index (χ4v) is 5.09. The van der Waals surface area contributed by atoms with Gasteiger partial charge in [0.2, 0.25) is 15.9 Å². The van der Waals surface area contributed by atoms with Gasteiger partial charge in [-0.3, -0.25) is 4.79 Å². The van der Waals surface area contributed by atoms with E-state index in [4.69, 9.17) is 4.74 Å². The Hall–Kier alpha value is -2.38. The van der Waals surface area contributed by atoms with Crippen LogP contribution in [0.15, 0.2) is 53.4 Å². The lowest BCUT2D eigenvalue weighted by atomic mass is 10.1. The van der Waals surface area contributed by atoms with Crippen LogP contribution in [0, 0.1) is 0 Å². The van der Waals surface area contributed by atoms with Crippen molar-refractivity contribution in [3.8, 4) is 5.75 Å². The zero-order valence-electron chi connectivity index (χ0n) is 17.6. The normalized spacial score (nSPS) is 15.7. The molecule has 0 spiro atoms. The number of nitrogens with zero attached hydrogens (tertiary/aromatic N) is 1. The summed E-state index contributed by atoms with van der Waals surface area (Å²) in [7, 11) is -3.49. The summed E-state index contributed by atoms with van der Waals surface area (Å²) in [6.45, 7) is 5.40. The monoisotopic (exact) mass is 430 g/mol. The van der Waals surface area contributed by atoms with E-state index >= 15 is 0 Å². The van der Waals surface area contributed by atoms with Crippen molar-refractivity contribution in [1.29, 1.82) is 0 Å². The number of hydrogen-bond acceptors (Lipinski definition) is 4. The van der Waals surface area contributed by atoms with E-state index in [9.17, 15) is 13.2 Å². The zero-order valence-corrected chi connectivity index (χ0v) is 18.5. The fraction of sp³-hybridized carbons (Fsp3) is 0.435. The van der Waals surface area contributed by atoms with Gasteiger partial charge in [-0.05, 0) is 61.6 Å². The van der Waals surface area contributed by atoms with Crippen molar-refractivity contribution in [3.63, 3.8) is 0 Å². The number of amides is 1. The third-order valence-electron chi connectivity index (χ3n) is 5.39. The average molecular weight is 431 g/mol. The quantitative estimate of drug-likeness (QED) is 0.698. The number of sulfonamides is 1. The number of ether oxygens (including phenoxy) is 1. The minimum atomic E-state index is -3.49. The van der Waals surface area contributed by atoms with Gasteiger partial charge in [0, 0.05) is 19.1 Å². The predicted molar refractivity (Wildman–Crippen MR) is 117 cm³/mol. The third-order valence-corrected chi connectivity index (χ3v) is 7.30. The largest absolute Gasteiger partial charge is 0.494 e. The zero-order chi connectivity index (χ0) is 21.6. The molecule has 1 fully saturated rings. The Labute approximate surface area is 179 Å². The number of carbonyl (C=O) groups excluding carboxylic acids is 1. The average Bonchev–Trinajstić information content (AvgIpc) is 2.75. The smallest absolute Gasteiger partial charge is 0.243 e. The lowest BCUT2D eigenvalue weighted by Gasteiger charge is -2.31. The summed E-state index contributed by atoms with van der Waals surface area (Å²) in [4.78, 5) is 12.7. The molecule has 0 bridgehead atoms. The Morgan fingerprint density at radius 3 is 2.17 bits per heavy atom. The molecule has 1 amide bonds. The lowest BCUT2D eigenvalue weighted by molar-refractivity contribution is -0.121. The van der Waals surface area contributed by atoms with Gasteiger partial charge in [0.15, 0.2) is 0 Å². The van der Waals surface area contributed by atoms with Crippen molar-refractivity contribution in [2.75, 3.05) is 19.7 Å². The van der Waals surface area contributed by atoms with Crippen molar-refractivity contribution in [2.24, 2.45) is 0 Å². The molecule has 1 heterocycles. The summed E-state index contributed by atoms with van der Waals surface area (Å²) in [5.74, 6) is 0.746. The third kappa shape index (κ3) is 5.61.